The standard InChI is InChI=1S/C14H18F2N2O/c15-14(16,8-17)9-18-13(19)12-7-3-5-10-4-1-2-6-11(10)12/h1-2,4,6,12H,3,5,7-9,17H2,(H,18,19)/t12-/m0/s1. The van der Waals surface area contributed by atoms with Gasteiger partial charge in [0.15, 0.2) is 0 Å². The van der Waals surface area contributed by atoms with E-state index in [1.807, 2.05) is 24.3 Å². The second-order valence-electron chi connectivity index (χ2n) is 4.92. The summed E-state index contributed by atoms with van der Waals surface area (Å²) in [7, 11) is 0. The maximum Gasteiger partial charge on any atom is 0.277 e. The van der Waals surface area contributed by atoms with Crippen LogP contribution < -0.4 is 11.1 Å². The first-order chi connectivity index (χ1) is 9.03. The SMILES string of the molecule is NCC(F)(F)CNC(=O)[C@H]1CCCc2ccccc21. The third-order valence-corrected chi connectivity index (χ3v) is 3.51. The van der Waals surface area contributed by atoms with Gasteiger partial charge in [-0.1, -0.05) is 24.3 Å². The Morgan fingerprint density at radius 3 is 2.89 bits per heavy atom. The summed E-state index contributed by atoms with van der Waals surface area (Å²) in [6, 6.07) is 7.70. The highest BCUT2D eigenvalue weighted by atomic mass is 19.3. The molecule has 1 aliphatic rings. The van der Waals surface area contributed by atoms with Gasteiger partial charge in [0.2, 0.25) is 5.91 Å². The molecular weight excluding hydrogens is 250 g/mol. The number of hydrogen-bond acceptors (Lipinski definition) is 2. The third-order valence-electron chi connectivity index (χ3n) is 3.51. The Labute approximate surface area is 111 Å². The molecular formula is C14H18F2N2O. The number of carbonyl (C=O) groups excluding carboxylic acids is 1. The highest BCUT2D eigenvalue weighted by Crippen LogP contribution is 2.31. The van der Waals surface area contributed by atoms with Crippen LogP contribution in [-0.2, 0) is 11.2 Å². The van der Waals surface area contributed by atoms with Gasteiger partial charge in [0, 0.05) is 0 Å². The summed E-state index contributed by atoms with van der Waals surface area (Å²) in [6.07, 6.45) is 2.55. The minimum atomic E-state index is -3.04. The van der Waals surface area contributed by atoms with E-state index in [2.05, 4.69) is 5.32 Å². The number of nitrogens with one attached hydrogen (secondary N) is 1. The largest absolute Gasteiger partial charge is 0.349 e. The second kappa shape index (κ2) is 5.65. The molecule has 0 radical (unpaired) electrons. The molecule has 0 heterocycles. The second-order valence-corrected chi connectivity index (χ2v) is 4.92. The monoisotopic (exact) mass is 268 g/mol. The smallest absolute Gasteiger partial charge is 0.277 e. The molecule has 3 nitrogen and oxygen atoms in total. The van der Waals surface area contributed by atoms with Gasteiger partial charge in [-0.15, -0.1) is 0 Å². The first-order valence-corrected chi connectivity index (χ1v) is 6.47. The van der Waals surface area contributed by atoms with Crippen molar-refractivity contribution in [3.8, 4) is 0 Å². The fourth-order valence-electron chi connectivity index (χ4n) is 2.44. The topological polar surface area (TPSA) is 55.1 Å². The number of nitrogens with two attached hydrogens (primary N) is 1. The van der Waals surface area contributed by atoms with Crippen molar-refractivity contribution in [2.45, 2.75) is 31.1 Å². The number of halogens is 2. The van der Waals surface area contributed by atoms with Crippen molar-refractivity contribution in [1.29, 1.82) is 0 Å². The van der Waals surface area contributed by atoms with Gasteiger partial charge >= 0.3 is 0 Å². The Hall–Kier alpha value is -1.49. The number of carbonyl (C=O) groups is 1. The molecule has 3 N–H and O–H groups in total. The molecule has 1 aliphatic carbocycles. The minimum absolute atomic E-state index is 0.321. The van der Waals surface area contributed by atoms with E-state index in [4.69, 9.17) is 5.73 Å². The molecule has 1 atom stereocenters. The fraction of sp³-hybridized carbons (Fsp3) is 0.500. The normalized spacial score (nSPS) is 18.8. The Morgan fingerprint density at radius 1 is 1.42 bits per heavy atom. The molecule has 0 saturated heterocycles. The molecule has 1 aromatic carbocycles. The van der Waals surface area contributed by atoms with Gasteiger partial charge in [-0.2, -0.15) is 0 Å². The van der Waals surface area contributed by atoms with E-state index in [1.54, 1.807) is 0 Å². The number of alkyl halides is 2. The molecule has 1 amide bonds. The van der Waals surface area contributed by atoms with Crippen LogP contribution in [0.3, 0.4) is 0 Å². The van der Waals surface area contributed by atoms with Crippen LogP contribution in [0.5, 0.6) is 0 Å². The zero-order chi connectivity index (χ0) is 13.9. The van der Waals surface area contributed by atoms with Crippen LogP contribution >= 0.6 is 0 Å². The molecule has 0 fully saturated rings. The molecule has 2 rings (SSSR count). The number of aryl methyl sites for hydroxylation is 1. The average Bonchev–Trinajstić information content (AvgIpc) is 2.44. The van der Waals surface area contributed by atoms with E-state index in [-0.39, 0.29) is 11.8 Å². The summed E-state index contributed by atoms with van der Waals surface area (Å²) in [4.78, 5) is 12.0. The lowest BCUT2D eigenvalue weighted by molar-refractivity contribution is -0.124. The van der Waals surface area contributed by atoms with Crippen LogP contribution in [0, 0.1) is 0 Å². The van der Waals surface area contributed by atoms with E-state index >= 15 is 0 Å². The van der Waals surface area contributed by atoms with E-state index in [0.29, 0.717) is 6.42 Å². The lowest BCUT2D eigenvalue weighted by Crippen LogP contribution is -2.43. The van der Waals surface area contributed by atoms with Gasteiger partial charge < -0.3 is 11.1 Å². The summed E-state index contributed by atoms with van der Waals surface area (Å²) in [5.74, 6) is -3.69. The van der Waals surface area contributed by atoms with Gasteiger partial charge in [0.05, 0.1) is 19.0 Å². The Morgan fingerprint density at radius 2 is 2.16 bits per heavy atom. The highest BCUT2D eigenvalue weighted by molar-refractivity contribution is 5.84. The van der Waals surface area contributed by atoms with E-state index < -0.39 is 19.0 Å². The zero-order valence-corrected chi connectivity index (χ0v) is 10.7. The molecule has 19 heavy (non-hydrogen) atoms. The van der Waals surface area contributed by atoms with Crippen molar-refractivity contribution < 1.29 is 13.6 Å². The first-order valence-electron chi connectivity index (χ1n) is 6.47. The van der Waals surface area contributed by atoms with Crippen LogP contribution in [0.4, 0.5) is 8.78 Å². The van der Waals surface area contributed by atoms with Crippen LogP contribution in [0.15, 0.2) is 24.3 Å². The Balaban J connectivity index is 2.05. The van der Waals surface area contributed by atoms with Crippen molar-refractivity contribution in [2.75, 3.05) is 13.1 Å². The van der Waals surface area contributed by atoms with E-state index in [9.17, 15) is 13.6 Å². The number of rotatable bonds is 4. The highest BCUT2D eigenvalue weighted by Gasteiger charge is 2.31. The van der Waals surface area contributed by atoms with E-state index in [0.717, 1.165) is 24.0 Å². The molecule has 1 aromatic rings. The number of fused-ring (bicyclic) bond motifs is 1. The Bertz CT molecular complexity index is 463. The van der Waals surface area contributed by atoms with Gasteiger partial charge in [-0.25, -0.2) is 8.78 Å². The number of amides is 1. The predicted octanol–water partition coefficient (Wildman–Crippen LogP) is 1.82. The molecule has 0 spiro atoms. The van der Waals surface area contributed by atoms with Crippen molar-refractivity contribution in [3.05, 3.63) is 35.4 Å². The quantitative estimate of drug-likeness (QED) is 0.875. The molecule has 0 bridgehead atoms. The van der Waals surface area contributed by atoms with Crippen LogP contribution in [0.25, 0.3) is 0 Å². The lowest BCUT2D eigenvalue weighted by atomic mass is 9.82. The summed E-state index contributed by atoms with van der Waals surface area (Å²) in [6.45, 7) is -1.45. The maximum absolute atomic E-state index is 13.0. The predicted molar refractivity (Wildman–Crippen MR) is 69.1 cm³/mol. The van der Waals surface area contributed by atoms with E-state index in [1.165, 1.54) is 0 Å². The van der Waals surface area contributed by atoms with Gasteiger partial charge in [0.25, 0.3) is 5.92 Å². The van der Waals surface area contributed by atoms with Crippen molar-refractivity contribution in [1.82, 2.24) is 5.32 Å². The third kappa shape index (κ3) is 3.29. The summed E-state index contributed by atoms with van der Waals surface area (Å²) < 4.78 is 26.1. The van der Waals surface area contributed by atoms with Crippen molar-refractivity contribution >= 4 is 5.91 Å². The van der Waals surface area contributed by atoms with Crippen LogP contribution in [0.2, 0.25) is 0 Å². The van der Waals surface area contributed by atoms with Gasteiger partial charge in [-0.05, 0) is 30.4 Å². The molecule has 5 heteroatoms. The number of benzene rings is 1. The van der Waals surface area contributed by atoms with Crippen molar-refractivity contribution in [3.63, 3.8) is 0 Å². The lowest BCUT2D eigenvalue weighted by Gasteiger charge is -2.25. The minimum Gasteiger partial charge on any atom is -0.349 e. The average molecular weight is 268 g/mol. The molecule has 0 aliphatic heterocycles. The van der Waals surface area contributed by atoms with Crippen LogP contribution in [-0.4, -0.2) is 24.9 Å². The van der Waals surface area contributed by atoms with Crippen molar-refractivity contribution in [2.24, 2.45) is 5.73 Å². The van der Waals surface area contributed by atoms with Gasteiger partial charge in [-0.3, -0.25) is 4.79 Å². The molecule has 0 unspecified atom stereocenters. The van der Waals surface area contributed by atoms with Crippen LogP contribution in [0.1, 0.15) is 29.9 Å². The summed E-state index contributed by atoms with van der Waals surface area (Å²) in [5.41, 5.74) is 7.05. The maximum atomic E-state index is 13.0. The fourth-order valence-corrected chi connectivity index (χ4v) is 2.44. The molecule has 0 aromatic heterocycles. The summed E-state index contributed by atoms with van der Waals surface area (Å²) >= 11 is 0. The Kier molecular flexibility index (Phi) is 4.14. The number of hydrogen-bond donors (Lipinski definition) is 2. The van der Waals surface area contributed by atoms with Gasteiger partial charge in [0.1, 0.15) is 0 Å². The zero-order valence-electron chi connectivity index (χ0n) is 10.7. The first kappa shape index (κ1) is 13.9. The molecule has 104 valence electrons. The summed E-state index contributed by atoms with van der Waals surface area (Å²) in [5, 5.41) is 2.32. The molecule has 0 saturated carbocycles.